The lowest BCUT2D eigenvalue weighted by Gasteiger charge is -2.18. The summed E-state index contributed by atoms with van der Waals surface area (Å²) in [6.45, 7) is 2.78. The fourth-order valence-electron chi connectivity index (χ4n) is 2.03. The van der Waals surface area contributed by atoms with Gasteiger partial charge in [0, 0.05) is 24.3 Å². The maximum absolute atomic E-state index is 9.63. The van der Waals surface area contributed by atoms with E-state index in [1.54, 1.807) is 11.3 Å². The lowest BCUT2D eigenvalue weighted by molar-refractivity contribution is 0.159. The summed E-state index contributed by atoms with van der Waals surface area (Å²) in [4.78, 5) is 5.68. The number of aliphatic hydroxyl groups is 1. The minimum atomic E-state index is -0.224. The van der Waals surface area contributed by atoms with Gasteiger partial charge in [0.25, 0.3) is 0 Å². The second kappa shape index (κ2) is 6.84. The van der Waals surface area contributed by atoms with Gasteiger partial charge in [-0.15, -0.1) is 11.3 Å². The van der Waals surface area contributed by atoms with Crippen molar-refractivity contribution in [3.63, 3.8) is 0 Å². The Kier molecular flexibility index (Phi) is 5.13. The molecule has 0 saturated carbocycles. The highest BCUT2D eigenvalue weighted by Crippen LogP contribution is 2.24. The normalized spacial score (nSPS) is 14.5. The van der Waals surface area contributed by atoms with Gasteiger partial charge in [0.1, 0.15) is 11.9 Å². The molecule has 19 heavy (non-hydrogen) atoms. The predicted octanol–water partition coefficient (Wildman–Crippen LogP) is 2.32. The van der Waals surface area contributed by atoms with Crippen LogP contribution in [0.2, 0.25) is 0 Å². The van der Waals surface area contributed by atoms with E-state index in [9.17, 15) is 5.11 Å². The van der Waals surface area contributed by atoms with Gasteiger partial charge >= 0.3 is 0 Å². The molecule has 2 rings (SSSR count). The number of imidazole rings is 1. The standard InChI is InChI=1S/C14H21N3OS/c1-3-11(18)6-7-15-13(12-5-4-10-19-12)14-16-8-9-17(14)2/h4-5,8-11,13,15,18H,3,6-7H2,1-2H3. The minimum absolute atomic E-state index is 0.101. The van der Waals surface area contributed by atoms with E-state index in [4.69, 9.17) is 0 Å². The molecule has 0 aliphatic rings. The number of nitrogens with one attached hydrogen (secondary N) is 1. The van der Waals surface area contributed by atoms with Gasteiger partial charge in [-0.25, -0.2) is 4.98 Å². The van der Waals surface area contributed by atoms with Gasteiger partial charge in [0.15, 0.2) is 0 Å². The van der Waals surface area contributed by atoms with E-state index in [-0.39, 0.29) is 12.1 Å². The quantitative estimate of drug-likeness (QED) is 0.818. The van der Waals surface area contributed by atoms with E-state index in [2.05, 4.69) is 27.8 Å². The highest BCUT2D eigenvalue weighted by atomic mass is 32.1. The minimum Gasteiger partial charge on any atom is -0.393 e. The fourth-order valence-corrected chi connectivity index (χ4v) is 2.82. The molecule has 2 heterocycles. The van der Waals surface area contributed by atoms with Crippen molar-refractivity contribution in [1.29, 1.82) is 0 Å². The molecule has 5 heteroatoms. The molecule has 0 bridgehead atoms. The number of aliphatic hydroxyl groups excluding tert-OH is 1. The van der Waals surface area contributed by atoms with Crippen molar-refractivity contribution >= 4 is 11.3 Å². The Labute approximate surface area is 118 Å². The molecule has 104 valence electrons. The lowest BCUT2D eigenvalue weighted by atomic mass is 10.1. The first-order chi connectivity index (χ1) is 9.22. The van der Waals surface area contributed by atoms with Crippen molar-refractivity contribution in [2.45, 2.75) is 31.9 Å². The molecule has 2 N–H and O–H groups in total. The SMILES string of the molecule is CCC(O)CCNC(c1cccs1)c1nccn1C. The van der Waals surface area contributed by atoms with Gasteiger partial charge in [-0.1, -0.05) is 13.0 Å². The molecule has 2 aromatic rings. The van der Waals surface area contributed by atoms with Crippen LogP contribution in [0, 0.1) is 0 Å². The largest absolute Gasteiger partial charge is 0.393 e. The molecule has 0 saturated heterocycles. The third kappa shape index (κ3) is 3.65. The van der Waals surface area contributed by atoms with E-state index in [0.717, 1.165) is 25.2 Å². The van der Waals surface area contributed by atoms with E-state index in [1.807, 2.05) is 30.9 Å². The first kappa shape index (κ1) is 14.2. The van der Waals surface area contributed by atoms with Crippen molar-refractivity contribution < 1.29 is 5.11 Å². The number of hydrogen-bond acceptors (Lipinski definition) is 4. The second-order valence-electron chi connectivity index (χ2n) is 4.65. The van der Waals surface area contributed by atoms with Gasteiger partial charge in [-0.05, 0) is 30.8 Å². The summed E-state index contributed by atoms with van der Waals surface area (Å²) in [7, 11) is 2.01. The summed E-state index contributed by atoms with van der Waals surface area (Å²) < 4.78 is 2.04. The zero-order chi connectivity index (χ0) is 13.7. The highest BCUT2D eigenvalue weighted by molar-refractivity contribution is 7.10. The van der Waals surface area contributed by atoms with Gasteiger partial charge in [-0.2, -0.15) is 0 Å². The molecule has 0 fully saturated rings. The molecule has 2 unspecified atom stereocenters. The molecular formula is C14H21N3OS. The number of aromatic nitrogens is 2. The zero-order valence-electron chi connectivity index (χ0n) is 11.4. The Morgan fingerprint density at radius 2 is 2.37 bits per heavy atom. The molecule has 0 radical (unpaired) electrons. The summed E-state index contributed by atoms with van der Waals surface area (Å²) in [5.74, 6) is 1.01. The Bertz CT molecular complexity index is 481. The first-order valence-electron chi connectivity index (χ1n) is 6.64. The Morgan fingerprint density at radius 1 is 1.53 bits per heavy atom. The van der Waals surface area contributed by atoms with Crippen LogP contribution in [0.5, 0.6) is 0 Å². The van der Waals surface area contributed by atoms with Crippen LogP contribution in [0.3, 0.4) is 0 Å². The van der Waals surface area contributed by atoms with Crippen molar-refractivity contribution in [1.82, 2.24) is 14.9 Å². The van der Waals surface area contributed by atoms with Gasteiger partial charge < -0.3 is 15.0 Å². The fraction of sp³-hybridized carbons (Fsp3) is 0.500. The number of thiophene rings is 1. The van der Waals surface area contributed by atoms with Crippen LogP contribution in [0.15, 0.2) is 29.9 Å². The maximum atomic E-state index is 9.63. The summed E-state index contributed by atoms with van der Waals surface area (Å²) in [5, 5.41) is 15.2. The van der Waals surface area contributed by atoms with Crippen LogP contribution in [-0.2, 0) is 7.05 Å². The molecule has 2 atom stereocenters. The first-order valence-corrected chi connectivity index (χ1v) is 7.52. The van der Waals surface area contributed by atoms with E-state index in [1.165, 1.54) is 4.88 Å². The molecule has 4 nitrogen and oxygen atoms in total. The summed E-state index contributed by atoms with van der Waals surface area (Å²) in [6.07, 6.45) is 5.12. The van der Waals surface area contributed by atoms with Crippen LogP contribution in [-0.4, -0.2) is 27.3 Å². The Hall–Kier alpha value is -1.17. The molecule has 0 aliphatic heterocycles. The number of hydrogen-bond donors (Lipinski definition) is 2. The van der Waals surface area contributed by atoms with Crippen molar-refractivity contribution in [3.05, 3.63) is 40.6 Å². The predicted molar refractivity (Wildman–Crippen MR) is 78.3 cm³/mol. The smallest absolute Gasteiger partial charge is 0.131 e. The van der Waals surface area contributed by atoms with Crippen LogP contribution in [0.25, 0.3) is 0 Å². The molecule has 0 aromatic carbocycles. The average Bonchev–Trinajstić information content (AvgIpc) is 3.06. The highest BCUT2D eigenvalue weighted by Gasteiger charge is 2.18. The maximum Gasteiger partial charge on any atom is 0.131 e. The number of aryl methyl sites for hydroxylation is 1. The third-order valence-corrected chi connectivity index (χ3v) is 4.18. The molecule has 0 spiro atoms. The molecular weight excluding hydrogens is 258 g/mol. The summed E-state index contributed by atoms with van der Waals surface area (Å²) in [5.41, 5.74) is 0. The molecule has 0 amide bonds. The third-order valence-electron chi connectivity index (χ3n) is 3.24. The second-order valence-corrected chi connectivity index (χ2v) is 5.63. The number of rotatable bonds is 7. The van der Waals surface area contributed by atoms with Gasteiger partial charge in [-0.3, -0.25) is 0 Å². The van der Waals surface area contributed by atoms with E-state index in [0.29, 0.717) is 0 Å². The lowest BCUT2D eigenvalue weighted by Crippen LogP contribution is -2.27. The van der Waals surface area contributed by atoms with E-state index < -0.39 is 0 Å². The topological polar surface area (TPSA) is 50.1 Å². The molecule has 2 aromatic heterocycles. The molecule has 0 aliphatic carbocycles. The van der Waals surface area contributed by atoms with Crippen molar-refractivity contribution in [2.24, 2.45) is 7.05 Å². The Balaban J connectivity index is 2.06. The van der Waals surface area contributed by atoms with Gasteiger partial charge in [0.2, 0.25) is 0 Å². The van der Waals surface area contributed by atoms with Crippen LogP contribution < -0.4 is 5.32 Å². The van der Waals surface area contributed by atoms with Crippen LogP contribution in [0.1, 0.15) is 36.5 Å². The van der Waals surface area contributed by atoms with Crippen LogP contribution in [0.4, 0.5) is 0 Å². The zero-order valence-corrected chi connectivity index (χ0v) is 12.2. The average molecular weight is 279 g/mol. The van der Waals surface area contributed by atoms with Crippen molar-refractivity contribution in [2.75, 3.05) is 6.54 Å². The van der Waals surface area contributed by atoms with E-state index >= 15 is 0 Å². The summed E-state index contributed by atoms with van der Waals surface area (Å²) >= 11 is 1.72. The van der Waals surface area contributed by atoms with Crippen LogP contribution >= 0.6 is 11.3 Å². The number of nitrogens with zero attached hydrogens (tertiary/aromatic N) is 2. The van der Waals surface area contributed by atoms with Crippen molar-refractivity contribution in [3.8, 4) is 0 Å². The summed E-state index contributed by atoms with van der Waals surface area (Å²) in [6, 6.07) is 4.27. The van der Waals surface area contributed by atoms with Gasteiger partial charge in [0.05, 0.1) is 6.10 Å². The Morgan fingerprint density at radius 3 is 2.95 bits per heavy atom. The monoisotopic (exact) mass is 279 g/mol.